The maximum Gasteiger partial charge on any atom is 0.251 e. The van der Waals surface area contributed by atoms with Crippen molar-refractivity contribution in [2.24, 2.45) is 0 Å². The predicted molar refractivity (Wildman–Crippen MR) is 144 cm³/mol. The Kier molecular flexibility index (Phi) is 6.22. The summed E-state index contributed by atoms with van der Waals surface area (Å²) in [5.74, 6) is 0.367. The van der Waals surface area contributed by atoms with E-state index in [9.17, 15) is 14.7 Å². The summed E-state index contributed by atoms with van der Waals surface area (Å²) in [5.41, 5.74) is 3.74. The molecule has 2 aromatic rings. The number of carbonyl (C=O) groups excluding carboxylic acids is 2. The zero-order valence-electron chi connectivity index (χ0n) is 21.6. The minimum absolute atomic E-state index is 0.0746. The van der Waals surface area contributed by atoms with Crippen LogP contribution in [0.2, 0.25) is 0 Å². The molecule has 4 atom stereocenters. The van der Waals surface area contributed by atoms with Gasteiger partial charge in [-0.25, -0.2) is 0 Å². The molecular formula is C30H34N4O4. The van der Waals surface area contributed by atoms with Crippen molar-refractivity contribution in [2.45, 2.75) is 75.6 Å². The van der Waals surface area contributed by atoms with Crippen LogP contribution in [0.3, 0.4) is 0 Å². The molecule has 4 N–H and O–H groups in total. The van der Waals surface area contributed by atoms with E-state index in [0.29, 0.717) is 37.2 Å². The van der Waals surface area contributed by atoms with Gasteiger partial charge in [-0.2, -0.15) is 0 Å². The van der Waals surface area contributed by atoms with Gasteiger partial charge in [-0.1, -0.05) is 31.2 Å². The molecule has 7 rings (SSSR count). The molecule has 1 saturated heterocycles. The number of ether oxygens (including phenoxy) is 1. The molecule has 4 heterocycles. The van der Waals surface area contributed by atoms with Crippen LogP contribution in [0.5, 0.6) is 5.75 Å². The van der Waals surface area contributed by atoms with Crippen molar-refractivity contribution in [2.75, 3.05) is 6.61 Å². The molecule has 1 fully saturated rings. The highest BCUT2D eigenvalue weighted by molar-refractivity contribution is 6.00. The second-order valence-corrected chi connectivity index (χ2v) is 10.9. The first-order chi connectivity index (χ1) is 18.4. The molecule has 0 radical (unpaired) electrons. The standard InChI is InChI=1S/C30H34N4O4/c1-2-30-12-5-3-4-6-18-7-8-19-16-24(35)27(21(19)14-18)32-28(37)20-9-10-25-22(15-20)23(11-13-38-25)34(26(36)17-30)29(31)33-30/h4,6-10,14-15,23-24,27,35H,2-3,5,11-13,16-17H2,1H3,(H2,31,33)(H,32,37)/b6-4-/t23-,24-,27-,30-/m1/s1. The third-order valence-corrected chi connectivity index (χ3v) is 8.59. The summed E-state index contributed by atoms with van der Waals surface area (Å²) in [5, 5.41) is 26.1. The number of rotatable bonds is 1. The Morgan fingerprint density at radius 3 is 2.87 bits per heavy atom. The number of hydrogen-bond acceptors (Lipinski definition) is 5. The van der Waals surface area contributed by atoms with Crippen LogP contribution in [0.1, 0.15) is 90.1 Å². The minimum atomic E-state index is -0.702. The van der Waals surface area contributed by atoms with Crippen LogP contribution in [0.25, 0.3) is 6.08 Å². The number of carbonyl (C=O) groups is 2. The molecule has 0 unspecified atom stereocenters. The van der Waals surface area contributed by atoms with Gasteiger partial charge in [-0.15, -0.1) is 0 Å². The molecule has 38 heavy (non-hydrogen) atoms. The average Bonchev–Trinajstić information content (AvgIpc) is 3.21. The number of benzene rings is 2. The van der Waals surface area contributed by atoms with Crippen molar-refractivity contribution in [3.05, 3.63) is 70.3 Å². The summed E-state index contributed by atoms with van der Waals surface area (Å²) < 4.78 is 5.87. The molecule has 1 aliphatic carbocycles. The van der Waals surface area contributed by atoms with Crippen molar-refractivity contribution in [3.63, 3.8) is 0 Å². The number of nitrogens with one attached hydrogen (secondary N) is 3. The van der Waals surface area contributed by atoms with E-state index in [0.717, 1.165) is 47.9 Å². The van der Waals surface area contributed by atoms with Gasteiger partial charge in [0.15, 0.2) is 5.96 Å². The average molecular weight is 515 g/mol. The third-order valence-electron chi connectivity index (χ3n) is 8.59. The summed E-state index contributed by atoms with van der Waals surface area (Å²) >= 11 is 0. The molecule has 4 aliphatic heterocycles. The molecular weight excluding hydrogens is 480 g/mol. The van der Waals surface area contributed by atoms with Crippen molar-refractivity contribution in [3.8, 4) is 5.75 Å². The Hall–Kier alpha value is -3.65. The zero-order valence-corrected chi connectivity index (χ0v) is 21.6. The smallest absolute Gasteiger partial charge is 0.251 e. The monoisotopic (exact) mass is 514 g/mol. The lowest BCUT2D eigenvalue weighted by Crippen LogP contribution is -2.63. The van der Waals surface area contributed by atoms with Crippen LogP contribution >= 0.6 is 0 Å². The summed E-state index contributed by atoms with van der Waals surface area (Å²) in [6, 6.07) is 10.5. The SMILES string of the molecule is CC[C@]12CCC/C=C\c3ccc4c(c3)[C@@H](NC(=O)c3ccc5c(c3)[C@@H](CCO5)N(C(=N)N1)C(=O)C2)[C@H](O)C4. The Morgan fingerprint density at radius 2 is 2.05 bits per heavy atom. The van der Waals surface area contributed by atoms with Crippen molar-refractivity contribution in [1.29, 1.82) is 5.41 Å². The molecule has 8 heteroatoms. The van der Waals surface area contributed by atoms with E-state index in [4.69, 9.17) is 10.1 Å². The van der Waals surface area contributed by atoms with Crippen molar-refractivity contribution >= 4 is 23.8 Å². The number of amides is 2. The van der Waals surface area contributed by atoms with E-state index in [1.54, 1.807) is 23.1 Å². The van der Waals surface area contributed by atoms with E-state index in [1.807, 2.05) is 12.1 Å². The topological polar surface area (TPSA) is 115 Å². The van der Waals surface area contributed by atoms with E-state index in [2.05, 4.69) is 35.8 Å². The third kappa shape index (κ3) is 4.26. The lowest BCUT2D eigenvalue weighted by Gasteiger charge is -2.46. The number of aliphatic hydroxyl groups excluding tert-OH is 1. The maximum atomic E-state index is 13.6. The van der Waals surface area contributed by atoms with E-state index >= 15 is 0 Å². The molecule has 0 aromatic heterocycles. The molecule has 2 amide bonds. The molecule has 0 spiro atoms. The Balaban J connectivity index is 1.41. The number of guanidine groups is 1. The largest absolute Gasteiger partial charge is 0.493 e. The first kappa shape index (κ1) is 24.7. The van der Waals surface area contributed by atoms with Gasteiger partial charge in [0.2, 0.25) is 5.91 Å². The van der Waals surface area contributed by atoms with Gasteiger partial charge in [0, 0.05) is 29.5 Å². The first-order valence-corrected chi connectivity index (χ1v) is 13.6. The van der Waals surface area contributed by atoms with E-state index < -0.39 is 17.7 Å². The molecule has 2 aromatic carbocycles. The lowest BCUT2D eigenvalue weighted by molar-refractivity contribution is -0.133. The fourth-order valence-electron chi connectivity index (χ4n) is 6.43. The summed E-state index contributed by atoms with van der Waals surface area (Å²) in [4.78, 5) is 28.5. The van der Waals surface area contributed by atoms with E-state index in [1.165, 1.54) is 0 Å². The quantitative estimate of drug-likeness (QED) is 0.459. The molecule has 5 aliphatic rings. The second-order valence-electron chi connectivity index (χ2n) is 10.9. The normalized spacial score (nSPS) is 29.5. The summed E-state index contributed by atoms with van der Waals surface area (Å²) in [7, 11) is 0. The van der Waals surface area contributed by atoms with Gasteiger partial charge in [0.1, 0.15) is 5.75 Å². The molecule has 8 nitrogen and oxygen atoms in total. The maximum absolute atomic E-state index is 13.6. The van der Waals surface area contributed by atoms with Crippen molar-refractivity contribution in [1.82, 2.24) is 15.5 Å². The zero-order chi connectivity index (χ0) is 26.4. The first-order valence-electron chi connectivity index (χ1n) is 13.6. The summed E-state index contributed by atoms with van der Waals surface area (Å²) in [6.45, 7) is 2.50. The van der Waals surface area contributed by atoms with Crippen LogP contribution in [-0.4, -0.2) is 46.0 Å². The van der Waals surface area contributed by atoms with Crippen molar-refractivity contribution < 1.29 is 19.4 Å². The van der Waals surface area contributed by atoms with Crippen LogP contribution in [0, 0.1) is 5.41 Å². The van der Waals surface area contributed by atoms with Crippen LogP contribution < -0.4 is 15.4 Å². The highest BCUT2D eigenvalue weighted by Crippen LogP contribution is 2.40. The van der Waals surface area contributed by atoms with Gasteiger partial charge in [0.25, 0.3) is 5.91 Å². The Morgan fingerprint density at radius 1 is 1.18 bits per heavy atom. The number of nitrogens with zero attached hydrogens (tertiary/aromatic N) is 1. The number of allylic oxidation sites excluding steroid dienone is 1. The van der Waals surface area contributed by atoms with Gasteiger partial charge in [-0.3, -0.25) is 19.9 Å². The second kappa shape index (κ2) is 9.58. The highest BCUT2D eigenvalue weighted by atomic mass is 16.5. The molecule has 0 saturated carbocycles. The van der Waals surface area contributed by atoms with E-state index in [-0.39, 0.29) is 23.8 Å². The van der Waals surface area contributed by atoms with Gasteiger partial charge < -0.3 is 20.5 Å². The predicted octanol–water partition coefficient (Wildman–Crippen LogP) is 4.00. The van der Waals surface area contributed by atoms with Crippen LogP contribution in [0.15, 0.2) is 42.5 Å². The molecule has 6 bridgehead atoms. The summed E-state index contributed by atoms with van der Waals surface area (Å²) in [6.07, 6.45) is 8.15. The highest BCUT2D eigenvalue weighted by Gasteiger charge is 2.44. The van der Waals surface area contributed by atoms with Crippen LogP contribution in [0.4, 0.5) is 0 Å². The Bertz CT molecular complexity index is 1320. The minimum Gasteiger partial charge on any atom is -0.493 e. The lowest BCUT2D eigenvalue weighted by atomic mass is 9.83. The van der Waals surface area contributed by atoms with Gasteiger partial charge in [0.05, 0.1) is 31.2 Å². The molecule has 198 valence electrons. The fraction of sp³-hybridized carbons (Fsp3) is 0.433. The Labute approximate surface area is 222 Å². The fourth-order valence-corrected chi connectivity index (χ4v) is 6.43. The number of hydrogen-bond donors (Lipinski definition) is 4. The van der Waals surface area contributed by atoms with Crippen LogP contribution in [-0.2, 0) is 11.2 Å². The van der Waals surface area contributed by atoms with Gasteiger partial charge >= 0.3 is 0 Å². The number of fused-ring (bicyclic) bond motifs is 6. The van der Waals surface area contributed by atoms with Gasteiger partial charge in [-0.05, 0) is 66.6 Å². The number of aliphatic hydroxyl groups is 1.